The van der Waals surface area contributed by atoms with Crippen LogP contribution >= 0.6 is 0 Å². The maximum atomic E-state index is 5.98. The lowest BCUT2D eigenvalue weighted by Crippen LogP contribution is -2.48. The Balaban J connectivity index is 1.64. The van der Waals surface area contributed by atoms with Crippen molar-refractivity contribution < 1.29 is 4.74 Å². The molecule has 0 aliphatic carbocycles. The molecule has 29 heavy (non-hydrogen) atoms. The first kappa shape index (κ1) is 21.2. The molecule has 2 aromatic rings. The summed E-state index contributed by atoms with van der Waals surface area (Å²) in [6.07, 6.45) is 3.94. The van der Waals surface area contributed by atoms with Crippen molar-refractivity contribution in [2.75, 3.05) is 50.8 Å². The zero-order valence-electron chi connectivity index (χ0n) is 18.1. The quantitative estimate of drug-likeness (QED) is 0.574. The van der Waals surface area contributed by atoms with Crippen LogP contribution in [-0.4, -0.2) is 66.5 Å². The summed E-state index contributed by atoms with van der Waals surface area (Å²) >= 11 is 0. The van der Waals surface area contributed by atoms with E-state index in [1.807, 2.05) is 24.1 Å². The molecule has 0 spiro atoms. The molecule has 1 atom stereocenters. The van der Waals surface area contributed by atoms with Crippen LogP contribution in [-0.2, 0) is 11.8 Å². The molecule has 7 heteroatoms. The average Bonchev–Trinajstić information content (AvgIpc) is 3.17. The van der Waals surface area contributed by atoms with Crippen LogP contribution in [0.2, 0.25) is 0 Å². The van der Waals surface area contributed by atoms with Gasteiger partial charge in [-0.05, 0) is 38.5 Å². The van der Waals surface area contributed by atoms with Gasteiger partial charge in [0.15, 0.2) is 5.96 Å². The van der Waals surface area contributed by atoms with E-state index in [1.165, 1.54) is 11.3 Å². The van der Waals surface area contributed by atoms with Gasteiger partial charge in [0, 0.05) is 50.7 Å². The second kappa shape index (κ2) is 10.3. The molecule has 1 aromatic carbocycles. The first-order valence-corrected chi connectivity index (χ1v) is 10.6. The molecule has 0 saturated carbocycles. The third-order valence-electron chi connectivity index (χ3n) is 5.18. The Kier molecular flexibility index (Phi) is 7.52. The highest BCUT2D eigenvalue weighted by atomic mass is 16.5. The Labute approximate surface area is 174 Å². The summed E-state index contributed by atoms with van der Waals surface area (Å²) in [6.45, 7) is 12.2. The summed E-state index contributed by atoms with van der Waals surface area (Å²) in [5.74, 6) is 0.963. The van der Waals surface area contributed by atoms with Crippen LogP contribution in [0.15, 0.2) is 41.7 Å². The van der Waals surface area contributed by atoms with E-state index in [0.29, 0.717) is 6.61 Å². The van der Waals surface area contributed by atoms with Crippen molar-refractivity contribution in [1.29, 1.82) is 0 Å². The normalized spacial score (nSPS) is 17.4. The second-order valence-electron chi connectivity index (χ2n) is 7.41. The largest absolute Gasteiger partial charge is 0.370 e. The van der Waals surface area contributed by atoms with Gasteiger partial charge in [0.2, 0.25) is 0 Å². The minimum Gasteiger partial charge on any atom is -0.370 e. The van der Waals surface area contributed by atoms with E-state index < -0.39 is 0 Å². The summed E-state index contributed by atoms with van der Waals surface area (Å²) < 4.78 is 7.80. The molecule has 1 aliphatic rings. The average molecular weight is 399 g/mol. The Morgan fingerprint density at radius 1 is 1.38 bits per heavy atom. The molecule has 0 bridgehead atoms. The molecule has 1 aromatic heterocycles. The molecule has 1 aliphatic heterocycles. The number of hydrogen-bond donors (Lipinski definition) is 1. The smallest absolute Gasteiger partial charge is 0.194 e. The van der Waals surface area contributed by atoms with Crippen LogP contribution < -0.4 is 10.2 Å². The lowest BCUT2D eigenvalue weighted by molar-refractivity contribution is -0.00803. The van der Waals surface area contributed by atoms with E-state index >= 15 is 0 Å². The standard InChI is InChI=1S/C22H34N6O/c1-5-23-22(24-10-11-27(6-2)20-9-7-8-18(3)14-20)28-12-13-29-21(17-28)19-15-25-26(4)16-19/h7-9,14-16,21H,5-6,10-13,17H2,1-4H3,(H,23,24). The molecule has 3 rings (SSSR count). The number of aromatic nitrogens is 2. The summed E-state index contributed by atoms with van der Waals surface area (Å²) in [5, 5.41) is 7.73. The molecule has 158 valence electrons. The maximum Gasteiger partial charge on any atom is 0.194 e. The van der Waals surface area contributed by atoms with Crippen molar-refractivity contribution in [2.45, 2.75) is 26.9 Å². The van der Waals surface area contributed by atoms with Crippen LogP contribution in [0.1, 0.15) is 31.1 Å². The highest BCUT2D eigenvalue weighted by Gasteiger charge is 2.25. The lowest BCUT2D eigenvalue weighted by Gasteiger charge is -2.35. The Bertz CT molecular complexity index is 802. The van der Waals surface area contributed by atoms with Gasteiger partial charge in [-0.15, -0.1) is 0 Å². The Hall–Kier alpha value is -2.54. The zero-order valence-corrected chi connectivity index (χ0v) is 18.1. The fraction of sp³-hybridized carbons (Fsp3) is 0.545. The molecule has 0 radical (unpaired) electrons. The van der Waals surface area contributed by atoms with Gasteiger partial charge in [0.25, 0.3) is 0 Å². The topological polar surface area (TPSA) is 57.9 Å². The van der Waals surface area contributed by atoms with Crippen LogP contribution in [0.3, 0.4) is 0 Å². The van der Waals surface area contributed by atoms with Crippen molar-refractivity contribution >= 4 is 11.6 Å². The fourth-order valence-electron chi connectivity index (χ4n) is 3.65. The number of nitrogens with zero attached hydrogens (tertiary/aromatic N) is 5. The van der Waals surface area contributed by atoms with Crippen molar-refractivity contribution in [2.24, 2.45) is 12.0 Å². The lowest BCUT2D eigenvalue weighted by atomic mass is 10.1. The highest BCUT2D eigenvalue weighted by Crippen LogP contribution is 2.21. The van der Waals surface area contributed by atoms with Crippen molar-refractivity contribution in [3.63, 3.8) is 0 Å². The predicted molar refractivity (Wildman–Crippen MR) is 119 cm³/mol. The van der Waals surface area contributed by atoms with E-state index in [2.05, 4.69) is 65.3 Å². The molecular formula is C22H34N6O. The van der Waals surface area contributed by atoms with E-state index in [1.54, 1.807) is 0 Å². The predicted octanol–water partition coefficient (Wildman–Crippen LogP) is 2.59. The number of rotatable bonds is 7. The summed E-state index contributed by atoms with van der Waals surface area (Å²) in [5.41, 5.74) is 3.66. The summed E-state index contributed by atoms with van der Waals surface area (Å²) in [6, 6.07) is 8.66. The number of aryl methyl sites for hydroxylation is 2. The summed E-state index contributed by atoms with van der Waals surface area (Å²) in [7, 11) is 1.93. The molecule has 1 fully saturated rings. The highest BCUT2D eigenvalue weighted by molar-refractivity contribution is 5.80. The number of benzene rings is 1. The Morgan fingerprint density at radius 2 is 2.24 bits per heavy atom. The van der Waals surface area contributed by atoms with E-state index in [9.17, 15) is 0 Å². The van der Waals surface area contributed by atoms with Gasteiger partial charge in [-0.3, -0.25) is 9.67 Å². The zero-order chi connectivity index (χ0) is 20.6. The van der Waals surface area contributed by atoms with Crippen molar-refractivity contribution in [1.82, 2.24) is 20.0 Å². The third-order valence-corrected chi connectivity index (χ3v) is 5.18. The first-order chi connectivity index (χ1) is 14.1. The SMILES string of the molecule is CCNC(=NCCN(CC)c1cccc(C)c1)N1CCOC(c2cnn(C)c2)C1. The molecule has 2 heterocycles. The van der Waals surface area contributed by atoms with Gasteiger partial charge in [0.1, 0.15) is 6.10 Å². The van der Waals surface area contributed by atoms with Gasteiger partial charge in [-0.2, -0.15) is 5.10 Å². The summed E-state index contributed by atoms with van der Waals surface area (Å²) in [4.78, 5) is 9.59. The van der Waals surface area contributed by atoms with Gasteiger partial charge in [-0.1, -0.05) is 12.1 Å². The van der Waals surface area contributed by atoms with Gasteiger partial charge >= 0.3 is 0 Å². The monoisotopic (exact) mass is 398 g/mol. The second-order valence-corrected chi connectivity index (χ2v) is 7.41. The fourth-order valence-corrected chi connectivity index (χ4v) is 3.65. The number of aliphatic imine (C=N–C) groups is 1. The third kappa shape index (κ3) is 5.73. The van der Waals surface area contributed by atoms with E-state index in [-0.39, 0.29) is 6.10 Å². The van der Waals surface area contributed by atoms with Gasteiger partial charge < -0.3 is 19.9 Å². The van der Waals surface area contributed by atoms with Crippen LogP contribution in [0.4, 0.5) is 5.69 Å². The minimum absolute atomic E-state index is 0.0285. The molecule has 1 saturated heterocycles. The van der Waals surface area contributed by atoms with Crippen LogP contribution in [0.5, 0.6) is 0 Å². The van der Waals surface area contributed by atoms with Gasteiger partial charge in [-0.25, -0.2) is 0 Å². The van der Waals surface area contributed by atoms with E-state index in [0.717, 1.165) is 50.8 Å². The number of anilines is 1. The molecule has 1 N–H and O–H groups in total. The number of ether oxygens (including phenoxy) is 1. The van der Waals surface area contributed by atoms with Crippen LogP contribution in [0, 0.1) is 6.92 Å². The number of hydrogen-bond acceptors (Lipinski definition) is 4. The maximum absolute atomic E-state index is 5.98. The van der Waals surface area contributed by atoms with Crippen molar-refractivity contribution in [3.05, 3.63) is 47.8 Å². The number of nitrogens with one attached hydrogen (secondary N) is 1. The molecule has 0 amide bonds. The molecule has 7 nitrogen and oxygen atoms in total. The Morgan fingerprint density at radius 3 is 2.93 bits per heavy atom. The minimum atomic E-state index is 0.0285. The number of guanidine groups is 1. The molecule has 1 unspecified atom stereocenters. The van der Waals surface area contributed by atoms with Crippen molar-refractivity contribution in [3.8, 4) is 0 Å². The number of likely N-dealkylation sites (N-methyl/N-ethyl adjacent to an activating group) is 1. The van der Waals surface area contributed by atoms with Gasteiger partial charge in [0.05, 0.1) is 25.9 Å². The molecular weight excluding hydrogens is 364 g/mol. The van der Waals surface area contributed by atoms with E-state index in [4.69, 9.17) is 9.73 Å². The first-order valence-electron chi connectivity index (χ1n) is 10.6. The van der Waals surface area contributed by atoms with Crippen LogP contribution in [0.25, 0.3) is 0 Å². The number of morpholine rings is 1.